The monoisotopic (exact) mass is 416 g/mol. The van der Waals surface area contributed by atoms with Gasteiger partial charge in [0, 0.05) is 84.6 Å². The molecule has 2 aliphatic heterocycles. The summed E-state index contributed by atoms with van der Waals surface area (Å²) in [5, 5.41) is 7.02. The number of rotatable bonds is 11. The molecule has 1 aromatic rings. The van der Waals surface area contributed by atoms with Crippen molar-refractivity contribution in [3.63, 3.8) is 0 Å². The van der Waals surface area contributed by atoms with Crippen molar-refractivity contribution in [3.8, 4) is 0 Å². The zero-order valence-corrected chi connectivity index (χ0v) is 19.5. The summed E-state index contributed by atoms with van der Waals surface area (Å²) in [6.07, 6.45) is 0.384. The Kier molecular flexibility index (Phi) is 10.0. The molecule has 2 fully saturated rings. The van der Waals surface area contributed by atoms with E-state index in [0.29, 0.717) is 12.2 Å². The maximum Gasteiger partial charge on any atom is 0.0887 e. The first-order valence-electron chi connectivity index (χ1n) is 12.1. The summed E-state index contributed by atoms with van der Waals surface area (Å²) < 4.78 is 0. The molecule has 6 nitrogen and oxygen atoms in total. The summed E-state index contributed by atoms with van der Waals surface area (Å²) in [6, 6.07) is 11.7. The van der Waals surface area contributed by atoms with Crippen LogP contribution in [0.4, 0.5) is 0 Å². The first kappa shape index (κ1) is 23.6. The van der Waals surface area contributed by atoms with Crippen molar-refractivity contribution in [2.75, 3.05) is 85.1 Å². The Bertz CT molecular complexity index is 566. The fraction of sp³-hybridized carbons (Fsp3) is 0.750. The SMILES string of the molecule is CCN(CCN1CCNCC1)C(c1ccccc1)N1CCN(CCNC(C)C)CC1. The second-order valence-electron chi connectivity index (χ2n) is 8.99. The number of hydrogen-bond acceptors (Lipinski definition) is 6. The average Bonchev–Trinajstić information content (AvgIpc) is 2.78. The van der Waals surface area contributed by atoms with Gasteiger partial charge in [-0.25, -0.2) is 0 Å². The topological polar surface area (TPSA) is 37.0 Å². The number of hydrogen-bond donors (Lipinski definition) is 2. The van der Waals surface area contributed by atoms with Crippen molar-refractivity contribution in [1.29, 1.82) is 0 Å². The standard InChI is InChI=1S/C24H44N6/c1-4-29(19-16-27-13-10-25-11-14-27)24(23-8-6-5-7-9-23)30-20-17-28(18-21-30)15-12-26-22(2)3/h5-9,22,24-26H,4,10-21H2,1-3H3. The summed E-state index contributed by atoms with van der Waals surface area (Å²) in [7, 11) is 0. The zero-order chi connectivity index (χ0) is 21.2. The van der Waals surface area contributed by atoms with Crippen LogP contribution in [0, 0.1) is 0 Å². The van der Waals surface area contributed by atoms with Crippen LogP contribution in [-0.2, 0) is 0 Å². The van der Waals surface area contributed by atoms with Gasteiger partial charge in [-0.2, -0.15) is 0 Å². The fourth-order valence-electron chi connectivity index (χ4n) is 4.68. The lowest BCUT2D eigenvalue weighted by Gasteiger charge is -2.44. The maximum atomic E-state index is 3.56. The van der Waals surface area contributed by atoms with E-state index in [1.54, 1.807) is 0 Å². The lowest BCUT2D eigenvalue weighted by atomic mass is 10.1. The normalized spacial score (nSPS) is 20.8. The van der Waals surface area contributed by atoms with E-state index in [9.17, 15) is 0 Å². The zero-order valence-electron chi connectivity index (χ0n) is 19.5. The first-order chi connectivity index (χ1) is 14.7. The van der Waals surface area contributed by atoms with Gasteiger partial charge in [-0.15, -0.1) is 0 Å². The molecule has 2 saturated heterocycles. The van der Waals surface area contributed by atoms with E-state index in [4.69, 9.17) is 0 Å². The van der Waals surface area contributed by atoms with Crippen molar-refractivity contribution >= 4 is 0 Å². The Morgan fingerprint density at radius 1 is 0.933 bits per heavy atom. The van der Waals surface area contributed by atoms with Gasteiger partial charge in [0.2, 0.25) is 0 Å². The van der Waals surface area contributed by atoms with Crippen LogP contribution in [0.1, 0.15) is 32.5 Å². The summed E-state index contributed by atoms with van der Waals surface area (Å²) in [5.74, 6) is 0. The first-order valence-corrected chi connectivity index (χ1v) is 12.1. The van der Waals surface area contributed by atoms with Crippen molar-refractivity contribution < 1.29 is 0 Å². The number of benzene rings is 1. The number of nitrogens with one attached hydrogen (secondary N) is 2. The van der Waals surface area contributed by atoms with Gasteiger partial charge >= 0.3 is 0 Å². The molecule has 3 rings (SSSR count). The maximum absolute atomic E-state index is 3.56. The molecule has 0 bridgehead atoms. The minimum Gasteiger partial charge on any atom is -0.314 e. The molecule has 170 valence electrons. The van der Waals surface area contributed by atoms with Gasteiger partial charge in [0.1, 0.15) is 0 Å². The van der Waals surface area contributed by atoms with Crippen LogP contribution >= 0.6 is 0 Å². The molecule has 0 aliphatic carbocycles. The molecule has 0 spiro atoms. The van der Waals surface area contributed by atoms with E-state index in [0.717, 1.165) is 52.4 Å². The van der Waals surface area contributed by atoms with E-state index >= 15 is 0 Å². The van der Waals surface area contributed by atoms with E-state index in [2.05, 4.69) is 81.3 Å². The van der Waals surface area contributed by atoms with E-state index < -0.39 is 0 Å². The summed E-state index contributed by atoms with van der Waals surface area (Å²) >= 11 is 0. The second-order valence-corrected chi connectivity index (χ2v) is 8.99. The van der Waals surface area contributed by atoms with Gasteiger partial charge in [-0.1, -0.05) is 51.1 Å². The quantitative estimate of drug-likeness (QED) is 0.570. The Morgan fingerprint density at radius 2 is 1.60 bits per heavy atom. The third-order valence-corrected chi connectivity index (χ3v) is 6.50. The smallest absolute Gasteiger partial charge is 0.0887 e. The van der Waals surface area contributed by atoms with Gasteiger partial charge in [0.15, 0.2) is 0 Å². The fourth-order valence-corrected chi connectivity index (χ4v) is 4.68. The van der Waals surface area contributed by atoms with E-state index in [1.165, 1.54) is 38.3 Å². The van der Waals surface area contributed by atoms with Crippen molar-refractivity contribution in [2.45, 2.75) is 33.0 Å². The Balaban J connectivity index is 1.59. The van der Waals surface area contributed by atoms with E-state index in [1.807, 2.05) is 0 Å². The largest absolute Gasteiger partial charge is 0.314 e. The highest BCUT2D eigenvalue weighted by molar-refractivity contribution is 5.19. The highest BCUT2D eigenvalue weighted by atomic mass is 15.4. The van der Waals surface area contributed by atoms with Crippen molar-refractivity contribution in [2.24, 2.45) is 0 Å². The molecule has 2 aliphatic rings. The Hall–Kier alpha value is -1.02. The van der Waals surface area contributed by atoms with Gasteiger partial charge in [0.05, 0.1) is 6.17 Å². The number of piperazine rings is 2. The van der Waals surface area contributed by atoms with Crippen molar-refractivity contribution in [1.82, 2.24) is 30.2 Å². The molecular formula is C24H44N6. The molecule has 1 atom stereocenters. The van der Waals surface area contributed by atoms with Crippen molar-refractivity contribution in [3.05, 3.63) is 35.9 Å². The molecule has 1 aromatic carbocycles. The van der Waals surface area contributed by atoms with Crippen LogP contribution in [0.15, 0.2) is 30.3 Å². The predicted octanol–water partition coefficient (Wildman–Crippen LogP) is 1.53. The summed E-state index contributed by atoms with van der Waals surface area (Å²) in [5.41, 5.74) is 1.44. The molecule has 0 aromatic heterocycles. The molecule has 2 N–H and O–H groups in total. The highest BCUT2D eigenvalue weighted by Crippen LogP contribution is 2.26. The third kappa shape index (κ3) is 7.29. The van der Waals surface area contributed by atoms with Crippen LogP contribution < -0.4 is 10.6 Å². The lowest BCUT2D eigenvalue weighted by Crippen LogP contribution is -2.54. The van der Waals surface area contributed by atoms with Crippen LogP contribution in [0.25, 0.3) is 0 Å². The van der Waals surface area contributed by atoms with Crippen LogP contribution in [0.3, 0.4) is 0 Å². The number of nitrogens with zero attached hydrogens (tertiary/aromatic N) is 4. The number of likely N-dealkylation sites (N-methyl/N-ethyl adjacent to an activating group) is 1. The van der Waals surface area contributed by atoms with E-state index in [-0.39, 0.29) is 0 Å². The second kappa shape index (κ2) is 12.7. The Labute approximate surface area is 184 Å². The third-order valence-electron chi connectivity index (χ3n) is 6.50. The molecule has 2 heterocycles. The minimum atomic E-state index is 0.384. The molecule has 6 heteroatoms. The average molecular weight is 417 g/mol. The summed E-state index contributed by atoms with van der Waals surface area (Å²) in [6.45, 7) is 21.6. The van der Waals surface area contributed by atoms with Crippen LogP contribution in [0.5, 0.6) is 0 Å². The van der Waals surface area contributed by atoms with Crippen LogP contribution in [-0.4, -0.2) is 111 Å². The Morgan fingerprint density at radius 3 is 2.23 bits per heavy atom. The minimum absolute atomic E-state index is 0.384. The molecule has 0 saturated carbocycles. The predicted molar refractivity (Wildman–Crippen MR) is 127 cm³/mol. The van der Waals surface area contributed by atoms with Gasteiger partial charge in [-0.05, 0) is 12.1 Å². The highest BCUT2D eigenvalue weighted by Gasteiger charge is 2.29. The molecule has 0 radical (unpaired) electrons. The molecule has 0 amide bonds. The van der Waals surface area contributed by atoms with Gasteiger partial charge in [-0.3, -0.25) is 19.6 Å². The van der Waals surface area contributed by atoms with Gasteiger partial charge in [0.25, 0.3) is 0 Å². The molecule has 30 heavy (non-hydrogen) atoms. The summed E-state index contributed by atoms with van der Waals surface area (Å²) in [4.78, 5) is 10.6. The van der Waals surface area contributed by atoms with Gasteiger partial charge < -0.3 is 10.6 Å². The molecule has 1 unspecified atom stereocenters. The lowest BCUT2D eigenvalue weighted by molar-refractivity contribution is 0.00346. The van der Waals surface area contributed by atoms with Crippen LogP contribution in [0.2, 0.25) is 0 Å². The molecular weight excluding hydrogens is 372 g/mol.